The average molecular weight is 440 g/mol. The lowest BCUT2D eigenvalue weighted by molar-refractivity contribution is -0.159. The van der Waals surface area contributed by atoms with E-state index in [-0.39, 0.29) is 24.2 Å². The number of methoxy groups -OCH3 is 1. The molecule has 0 aliphatic carbocycles. The third-order valence-electron chi connectivity index (χ3n) is 4.91. The summed E-state index contributed by atoms with van der Waals surface area (Å²) in [7, 11) is 1.47. The zero-order valence-corrected chi connectivity index (χ0v) is 16.9. The van der Waals surface area contributed by atoms with Gasteiger partial charge in [0.2, 0.25) is 5.91 Å². The fraction of sp³-hybridized carbons (Fsp3) is 0.429. The van der Waals surface area contributed by atoms with Gasteiger partial charge in [0.15, 0.2) is 6.04 Å². The van der Waals surface area contributed by atoms with Crippen LogP contribution < -0.4 is 10.1 Å². The molecule has 10 heteroatoms. The molecule has 1 aromatic heterocycles. The van der Waals surface area contributed by atoms with E-state index in [1.165, 1.54) is 37.4 Å². The minimum absolute atomic E-state index is 0.0458. The number of carbonyl (C=O) groups is 2. The summed E-state index contributed by atoms with van der Waals surface area (Å²) in [5.74, 6) is -0.842. The topological polar surface area (TPSA) is 81.0 Å². The number of rotatable bonds is 7. The third-order valence-corrected chi connectivity index (χ3v) is 4.91. The first kappa shape index (κ1) is 22.7. The number of nitrogens with zero attached hydrogens (tertiary/aromatic N) is 1. The number of piperidine rings is 1. The minimum Gasteiger partial charge on any atom is -0.490 e. The van der Waals surface area contributed by atoms with E-state index < -0.39 is 23.9 Å². The second-order valence-corrected chi connectivity index (χ2v) is 7.12. The van der Waals surface area contributed by atoms with Crippen LogP contribution in [0, 0.1) is 0 Å². The van der Waals surface area contributed by atoms with Crippen LogP contribution in [-0.2, 0) is 9.53 Å². The van der Waals surface area contributed by atoms with Gasteiger partial charge in [-0.2, -0.15) is 13.2 Å². The highest BCUT2D eigenvalue weighted by molar-refractivity contribution is 5.94. The van der Waals surface area contributed by atoms with Crippen LogP contribution in [0.15, 0.2) is 47.1 Å². The van der Waals surface area contributed by atoms with Crippen LogP contribution in [-0.4, -0.2) is 55.8 Å². The molecule has 1 N–H and O–H groups in total. The van der Waals surface area contributed by atoms with Gasteiger partial charge in [0.1, 0.15) is 24.2 Å². The van der Waals surface area contributed by atoms with Gasteiger partial charge in [-0.1, -0.05) is 0 Å². The Hall–Kier alpha value is -3.01. The van der Waals surface area contributed by atoms with Gasteiger partial charge in [0.05, 0.1) is 6.26 Å². The Balaban J connectivity index is 1.55. The van der Waals surface area contributed by atoms with E-state index in [1.807, 2.05) is 5.32 Å². The minimum atomic E-state index is -4.70. The molecule has 7 nitrogen and oxygen atoms in total. The highest BCUT2D eigenvalue weighted by Crippen LogP contribution is 2.33. The molecule has 2 aromatic rings. The van der Waals surface area contributed by atoms with E-state index in [1.54, 1.807) is 4.90 Å². The summed E-state index contributed by atoms with van der Waals surface area (Å²) in [4.78, 5) is 25.8. The van der Waals surface area contributed by atoms with Gasteiger partial charge in [-0.05, 0) is 36.4 Å². The van der Waals surface area contributed by atoms with Crippen LogP contribution in [0.25, 0.3) is 0 Å². The lowest BCUT2D eigenvalue weighted by atomic mass is 10.1. The standard InChI is InChI=1S/C21H23F3N2O5/c1-29-13-18(27)26-10-8-16(9-11-26)31-15-6-4-14(5-7-15)20(28)25-19(21(22,23)24)17-3-2-12-30-17/h2-7,12,16,19H,8-11,13H2,1H3,(H,25,28)/t19-/m0/s1. The highest BCUT2D eigenvalue weighted by Gasteiger charge is 2.44. The molecule has 2 heterocycles. The van der Waals surface area contributed by atoms with Crippen LogP contribution in [0.1, 0.15) is 35.0 Å². The smallest absolute Gasteiger partial charge is 0.415 e. The van der Waals surface area contributed by atoms with Crippen LogP contribution in [0.5, 0.6) is 5.75 Å². The summed E-state index contributed by atoms with van der Waals surface area (Å²) in [6.07, 6.45) is -2.39. The normalized spacial score (nSPS) is 16.1. The summed E-state index contributed by atoms with van der Waals surface area (Å²) in [6, 6.07) is 6.11. The largest absolute Gasteiger partial charge is 0.490 e. The molecule has 1 fully saturated rings. The SMILES string of the molecule is COCC(=O)N1CCC(Oc2ccc(C(=O)N[C@@H](c3ccco3)C(F)(F)F)cc2)CC1. The average Bonchev–Trinajstić information content (AvgIpc) is 3.26. The number of benzene rings is 1. The van der Waals surface area contributed by atoms with E-state index in [2.05, 4.69) is 0 Å². The molecule has 0 spiro atoms. The maximum Gasteiger partial charge on any atom is 0.415 e. The molecule has 31 heavy (non-hydrogen) atoms. The van der Waals surface area contributed by atoms with Crippen LogP contribution in [0.4, 0.5) is 13.2 Å². The number of furan rings is 1. The first-order chi connectivity index (χ1) is 14.8. The van der Waals surface area contributed by atoms with Gasteiger partial charge >= 0.3 is 6.18 Å². The molecular formula is C21H23F3N2O5. The van der Waals surface area contributed by atoms with E-state index in [0.29, 0.717) is 31.7 Å². The Morgan fingerprint density at radius 1 is 1.19 bits per heavy atom. The Kier molecular flexibility index (Phi) is 7.21. The maximum atomic E-state index is 13.3. The monoisotopic (exact) mass is 440 g/mol. The summed E-state index contributed by atoms with van der Waals surface area (Å²) < 4.78 is 55.4. The van der Waals surface area contributed by atoms with Gasteiger partial charge in [-0.3, -0.25) is 9.59 Å². The van der Waals surface area contributed by atoms with Crippen molar-refractivity contribution in [2.45, 2.75) is 31.2 Å². The zero-order chi connectivity index (χ0) is 22.4. The number of hydrogen-bond donors (Lipinski definition) is 1. The molecule has 0 saturated carbocycles. The molecule has 1 aliphatic rings. The molecule has 3 rings (SSSR count). The Labute approximate surface area is 177 Å². The Morgan fingerprint density at radius 2 is 1.87 bits per heavy atom. The molecule has 0 unspecified atom stereocenters. The van der Waals surface area contributed by atoms with Crippen molar-refractivity contribution in [1.29, 1.82) is 0 Å². The van der Waals surface area contributed by atoms with Crippen molar-refractivity contribution >= 4 is 11.8 Å². The maximum absolute atomic E-state index is 13.3. The zero-order valence-electron chi connectivity index (χ0n) is 16.9. The Bertz CT molecular complexity index is 860. The quantitative estimate of drug-likeness (QED) is 0.715. The summed E-state index contributed by atoms with van der Waals surface area (Å²) >= 11 is 0. The van der Waals surface area contributed by atoms with E-state index in [4.69, 9.17) is 13.9 Å². The van der Waals surface area contributed by atoms with E-state index in [0.717, 1.165) is 12.3 Å². The van der Waals surface area contributed by atoms with E-state index in [9.17, 15) is 22.8 Å². The van der Waals surface area contributed by atoms with Gasteiger partial charge in [-0.25, -0.2) is 0 Å². The molecular weight excluding hydrogens is 417 g/mol. The number of hydrogen-bond acceptors (Lipinski definition) is 5. The van der Waals surface area contributed by atoms with Crippen molar-refractivity contribution in [3.05, 3.63) is 54.0 Å². The van der Waals surface area contributed by atoms with Crippen molar-refractivity contribution < 1.29 is 36.7 Å². The summed E-state index contributed by atoms with van der Waals surface area (Å²) in [5.41, 5.74) is 0.0631. The number of halogens is 3. The predicted molar refractivity (Wildman–Crippen MR) is 104 cm³/mol. The lowest BCUT2D eigenvalue weighted by Gasteiger charge is -2.32. The number of likely N-dealkylation sites (tertiary alicyclic amines) is 1. The Morgan fingerprint density at radius 3 is 2.42 bits per heavy atom. The first-order valence-electron chi connectivity index (χ1n) is 9.72. The van der Waals surface area contributed by atoms with Gasteiger partial charge in [-0.15, -0.1) is 0 Å². The predicted octanol–water partition coefficient (Wildman–Crippen LogP) is 3.33. The van der Waals surface area contributed by atoms with Crippen molar-refractivity contribution in [2.75, 3.05) is 26.8 Å². The first-order valence-corrected chi connectivity index (χ1v) is 9.72. The molecule has 2 amide bonds. The molecule has 1 saturated heterocycles. The second kappa shape index (κ2) is 9.86. The number of carbonyl (C=O) groups excluding carboxylic acids is 2. The molecule has 168 valence electrons. The van der Waals surface area contributed by atoms with Crippen molar-refractivity contribution in [2.24, 2.45) is 0 Å². The van der Waals surface area contributed by atoms with Gasteiger partial charge in [0.25, 0.3) is 5.91 Å². The van der Waals surface area contributed by atoms with Gasteiger partial charge < -0.3 is 24.1 Å². The third kappa shape index (κ3) is 6.00. The van der Waals surface area contributed by atoms with Crippen molar-refractivity contribution in [3.8, 4) is 5.75 Å². The van der Waals surface area contributed by atoms with E-state index >= 15 is 0 Å². The van der Waals surface area contributed by atoms with Crippen LogP contribution >= 0.6 is 0 Å². The fourth-order valence-corrected chi connectivity index (χ4v) is 3.30. The molecule has 1 aliphatic heterocycles. The van der Waals surface area contributed by atoms with Gasteiger partial charge in [0, 0.05) is 38.6 Å². The van der Waals surface area contributed by atoms with Crippen LogP contribution in [0.2, 0.25) is 0 Å². The highest BCUT2D eigenvalue weighted by atomic mass is 19.4. The molecule has 1 atom stereocenters. The number of amides is 2. The number of ether oxygens (including phenoxy) is 2. The lowest BCUT2D eigenvalue weighted by Crippen LogP contribution is -2.43. The van der Waals surface area contributed by atoms with Crippen molar-refractivity contribution in [1.82, 2.24) is 10.2 Å². The molecule has 1 aromatic carbocycles. The van der Waals surface area contributed by atoms with Crippen LogP contribution in [0.3, 0.4) is 0 Å². The number of nitrogens with one attached hydrogen (secondary N) is 1. The number of alkyl halides is 3. The summed E-state index contributed by atoms with van der Waals surface area (Å²) in [6.45, 7) is 1.15. The van der Waals surface area contributed by atoms with Crippen molar-refractivity contribution in [3.63, 3.8) is 0 Å². The molecule has 0 radical (unpaired) electrons. The molecule has 0 bridgehead atoms. The summed E-state index contributed by atoms with van der Waals surface area (Å²) in [5, 5.41) is 1.96. The fourth-order valence-electron chi connectivity index (χ4n) is 3.30. The second-order valence-electron chi connectivity index (χ2n) is 7.12.